The normalized spacial score (nSPS) is 22.7. The van der Waals surface area contributed by atoms with Gasteiger partial charge in [-0.15, -0.1) is 0 Å². The summed E-state index contributed by atoms with van der Waals surface area (Å²) in [6.45, 7) is 2.35. The van der Waals surface area contributed by atoms with Gasteiger partial charge in [-0.25, -0.2) is 0 Å². The van der Waals surface area contributed by atoms with E-state index in [1.807, 2.05) is 0 Å². The average molecular weight is 304 g/mol. The summed E-state index contributed by atoms with van der Waals surface area (Å²) >= 11 is 0. The highest BCUT2D eigenvalue weighted by Gasteiger charge is 2.53. The molecule has 0 atom stereocenters. The van der Waals surface area contributed by atoms with Gasteiger partial charge in [0.25, 0.3) is 0 Å². The highest BCUT2D eigenvalue weighted by atomic mass is 15.3. The van der Waals surface area contributed by atoms with Gasteiger partial charge in [0.2, 0.25) is 0 Å². The molecule has 0 bridgehead atoms. The minimum absolute atomic E-state index is 0.329. The predicted octanol–water partition coefficient (Wildman–Crippen LogP) is 3.42. The van der Waals surface area contributed by atoms with E-state index >= 15 is 0 Å². The monoisotopic (exact) mass is 304 g/mol. The van der Waals surface area contributed by atoms with E-state index in [4.69, 9.17) is 0 Å². The Morgan fingerprint density at radius 3 is 1.87 bits per heavy atom. The molecule has 1 heterocycles. The van der Waals surface area contributed by atoms with Gasteiger partial charge in [-0.3, -0.25) is 4.90 Å². The highest BCUT2D eigenvalue weighted by molar-refractivity contribution is 5.59. The van der Waals surface area contributed by atoms with Crippen molar-refractivity contribution in [3.05, 3.63) is 70.8 Å². The smallest absolute Gasteiger partial charge is 0.0608 e. The van der Waals surface area contributed by atoms with Crippen LogP contribution in [0.15, 0.2) is 48.5 Å². The third-order valence-corrected chi connectivity index (χ3v) is 6.28. The van der Waals surface area contributed by atoms with Crippen molar-refractivity contribution in [3.8, 4) is 0 Å². The van der Waals surface area contributed by atoms with Gasteiger partial charge in [-0.1, -0.05) is 48.5 Å². The van der Waals surface area contributed by atoms with Crippen LogP contribution in [0.1, 0.15) is 41.1 Å². The van der Waals surface area contributed by atoms with Crippen LogP contribution in [0.25, 0.3) is 0 Å². The first-order valence-electron chi connectivity index (χ1n) is 8.80. The number of hydrogen-bond donors (Lipinski definition) is 0. The first-order valence-corrected chi connectivity index (χ1v) is 8.80. The topological polar surface area (TPSA) is 6.48 Å². The maximum atomic E-state index is 2.66. The quantitative estimate of drug-likeness (QED) is 0.839. The number of nitrogens with zero attached hydrogens (tertiary/aromatic N) is 2. The van der Waals surface area contributed by atoms with Crippen LogP contribution in [0.5, 0.6) is 0 Å². The molecule has 1 aliphatic heterocycles. The zero-order valence-corrected chi connectivity index (χ0v) is 14.0. The summed E-state index contributed by atoms with van der Waals surface area (Å²) in [6, 6.07) is 19.6. The third kappa shape index (κ3) is 1.82. The molecule has 5 rings (SSSR count). The van der Waals surface area contributed by atoms with Gasteiger partial charge < -0.3 is 4.90 Å². The van der Waals surface area contributed by atoms with Crippen molar-refractivity contribution in [2.75, 3.05) is 27.2 Å². The van der Waals surface area contributed by atoms with Gasteiger partial charge in [0.15, 0.2) is 0 Å². The van der Waals surface area contributed by atoms with Crippen LogP contribution in [-0.4, -0.2) is 43.0 Å². The zero-order chi connectivity index (χ0) is 15.6. The molecule has 1 saturated heterocycles. The van der Waals surface area contributed by atoms with Gasteiger partial charge in [0, 0.05) is 24.5 Å². The second kappa shape index (κ2) is 4.68. The maximum absolute atomic E-state index is 2.66. The molecule has 0 aromatic heterocycles. The minimum Gasteiger partial charge on any atom is -0.304 e. The fourth-order valence-electron chi connectivity index (χ4n) is 4.74. The minimum atomic E-state index is 0.329. The van der Waals surface area contributed by atoms with Gasteiger partial charge >= 0.3 is 0 Å². The average Bonchev–Trinajstić information content (AvgIpc) is 3.31. The number of benzene rings is 2. The van der Waals surface area contributed by atoms with Gasteiger partial charge in [0.05, 0.1) is 6.04 Å². The Labute approximate surface area is 138 Å². The molecule has 1 saturated carbocycles. The lowest BCUT2D eigenvalue weighted by Crippen LogP contribution is -2.58. The van der Waals surface area contributed by atoms with Crippen LogP contribution >= 0.6 is 0 Å². The Balaban J connectivity index is 1.62. The Morgan fingerprint density at radius 1 is 0.870 bits per heavy atom. The molecule has 2 nitrogen and oxygen atoms in total. The molecule has 2 aromatic carbocycles. The lowest BCUT2D eigenvalue weighted by molar-refractivity contribution is 0.0378. The number of likely N-dealkylation sites (tertiary alicyclic amines) is 1. The van der Waals surface area contributed by atoms with Crippen LogP contribution in [0.3, 0.4) is 0 Å². The van der Waals surface area contributed by atoms with E-state index in [0.29, 0.717) is 17.5 Å². The largest absolute Gasteiger partial charge is 0.304 e. The van der Waals surface area contributed by atoms with Gasteiger partial charge in [-0.05, 0) is 49.2 Å². The van der Waals surface area contributed by atoms with E-state index in [9.17, 15) is 0 Å². The van der Waals surface area contributed by atoms with E-state index in [2.05, 4.69) is 72.4 Å². The summed E-state index contributed by atoms with van der Waals surface area (Å²) in [7, 11) is 4.40. The molecule has 2 aromatic rings. The van der Waals surface area contributed by atoms with E-state index in [-0.39, 0.29) is 0 Å². The maximum Gasteiger partial charge on any atom is 0.0608 e. The summed E-state index contributed by atoms with van der Waals surface area (Å²) in [4.78, 5) is 5.02. The number of fused-ring (bicyclic) bond motifs is 4. The van der Waals surface area contributed by atoms with Crippen molar-refractivity contribution in [2.24, 2.45) is 0 Å². The van der Waals surface area contributed by atoms with Crippen LogP contribution in [0.4, 0.5) is 0 Å². The second-order valence-electron chi connectivity index (χ2n) is 7.73. The summed E-state index contributed by atoms with van der Waals surface area (Å²) in [5.74, 6) is 0. The molecule has 2 heteroatoms. The first-order chi connectivity index (χ1) is 11.2. The Hall–Kier alpha value is -1.64. The van der Waals surface area contributed by atoms with E-state index in [0.717, 1.165) is 0 Å². The van der Waals surface area contributed by atoms with Gasteiger partial charge in [-0.2, -0.15) is 0 Å². The lowest BCUT2D eigenvalue weighted by Gasteiger charge is -2.50. The van der Waals surface area contributed by atoms with Crippen molar-refractivity contribution in [3.63, 3.8) is 0 Å². The van der Waals surface area contributed by atoms with Crippen LogP contribution in [0.2, 0.25) is 0 Å². The highest BCUT2D eigenvalue weighted by Crippen LogP contribution is 2.60. The molecule has 0 unspecified atom stereocenters. The van der Waals surface area contributed by atoms with Crippen molar-refractivity contribution < 1.29 is 0 Å². The molecule has 118 valence electrons. The molecule has 23 heavy (non-hydrogen) atoms. The zero-order valence-electron chi connectivity index (χ0n) is 14.0. The molecule has 3 aliphatic rings. The molecule has 0 amide bonds. The Kier molecular flexibility index (Phi) is 2.80. The summed E-state index contributed by atoms with van der Waals surface area (Å²) < 4.78 is 0. The molecular weight excluding hydrogens is 280 g/mol. The second-order valence-corrected chi connectivity index (χ2v) is 7.73. The SMILES string of the molecule is CN(C)C1CN(C2c3ccccc3C3(CC3)c3ccccc32)C1. The fourth-order valence-corrected chi connectivity index (χ4v) is 4.74. The molecule has 0 N–H and O–H groups in total. The molecule has 1 spiro atoms. The van der Waals surface area contributed by atoms with Crippen molar-refractivity contribution >= 4 is 0 Å². The van der Waals surface area contributed by atoms with Crippen molar-refractivity contribution in [2.45, 2.75) is 30.3 Å². The molecule has 2 aliphatic carbocycles. The molecule has 0 radical (unpaired) electrons. The van der Waals surface area contributed by atoms with E-state index < -0.39 is 0 Å². The number of likely N-dealkylation sites (N-methyl/N-ethyl adjacent to an activating group) is 1. The Morgan fingerprint density at radius 2 is 1.39 bits per heavy atom. The van der Waals surface area contributed by atoms with Crippen molar-refractivity contribution in [1.29, 1.82) is 0 Å². The van der Waals surface area contributed by atoms with Crippen LogP contribution in [0, 0.1) is 0 Å². The lowest BCUT2D eigenvalue weighted by atomic mass is 9.72. The molecule has 2 fully saturated rings. The van der Waals surface area contributed by atoms with E-state index in [1.54, 1.807) is 22.3 Å². The predicted molar refractivity (Wildman–Crippen MR) is 93.8 cm³/mol. The summed E-state index contributed by atoms with van der Waals surface area (Å²) in [6.07, 6.45) is 2.63. The first kappa shape index (κ1) is 13.8. The molecular formula is C21H24N2. The van der Waals surface area contributed by atoms with E-state index in [1.165, 1.54) is 25.9 Å². The number of hydrogen-bond acceptors (Lipinski definition) is 2. The van der Waals surface area contributed by atoms with Gasteiger partial charge in [0.1, 0.15) is 0 Å². The third-order valence-electron chi connectivity index (χ3n) is 6.28. The van der Waals surface area contributed by atoms with Crippen LogP contribution < -0.4 is 0 Å². The Bertz CT molecular complexity index is 704. The fraction of sp³-hybridized carbons (Fsp3) is 0.429. The van der Waals surface area contributed by atoms with Crippen molar-refractivity contribution in [1.82, 2.24) is 9.80 Å². The summed E-state index contributed by atoms with van der Waals surface area (Å²) in [5.41, 5.74) is 6.63. The number of rotatable bonds is 2. The van der Waals surface area contributed by atoms with Crippen LogP contribution in [-0.2, 0) is 5.41 Å². The standard InChI is InChI=1S/C21H24N2/c1-22(2)15-13-23(14-15)20-16-7-3-5-9-18(16)21(11-12-21)19-10-6-4-8-17(19)20/h3-10,15,20H,11-14H2,1-2H3. The summed E-state index contributed by atoms with van der Waals surface area (Å²) in [5, 5.41) is 0.